The van der Waals surface area contributed by atoms with Gasteiger partial charge in [-0.15, -0.1) is 11.3 Å². The van der Waals surface area contributed by atoms with Crippen LogP contribution >= 0.6 is 11.3 Å². The maximum absolute atomic E-state index is 12.0. The Labute approximate surface area is 113 Å². The van der Waals surface area contributed by atoms with E-state index in [9.17, 15) is 13.2 Å². The van der Waals surface area contributed by atoms with Gasteiger partial charge < -0.3 is 10.8 Å². The summed E-state index contributed by atoms with van der Waals surface area (Å²) in [6, 6.07) is 6.79. The van der Waals surface area contributed by atoms with Crippen LogP contribution in [0.2, 0.25) is 0 Å². The van der Waals surface area contributed by atoms with Crippen LogP contribution in [0.25, 0.3) is 0 Å². The Morgan fingerprint density at radius 2 is 1.89 bits per heavy atom. The summed E-state index contributed by atoms with van der Waals surface area (Å²) in [5, 5.41) is 10.4. The average molecular weight is 298 g/mol. The van der Waals surface area contributed by atoms with Gasteiger partial charge in [0.1, 0.15) is 5.75 Å². The van der Waals surface area contributed by atoms with E-state index in [2.05, 4.69) is 4.72 Å². The van der Waals surface area contributed by atoms with Crippen molar-refractivity contribution in [2.24, 2.45) is 5.73 Å². The van der Waals surface area contributed by atoms with Crippen molar-refractivity contribution in [3.05, 3.63) is 40.6 Å². The number of nitrogens with two attached hydrogens (primary N) is 1. The van der Waals surface area contributed by atoms with E-state index in [1.165, 1.54) is 35.7 Å². The van der Waals surface area contributed by atoms with Crippen LogP contribution in [0.4, 0.5) is 5.69 Å². The highest BCUT2D eigenvalue weighted by Gasteiger charge is 2.17. The van der Waals surface area contributed by atoms with E-state index in [0.29, 0.717) is 5.69 Å². The summed E-state index contributed by atoms with van der Waals surface area (Å²) in [7, 11) is -3.77. The van der Waals surface area contributed by atoms with Gasteiger partial charge in [-0.25, -0.2) is 8.42 Å². The summed E-state index contributed by atoms with van der Waals surface area (Å²) in [4.78, 5) is 11.1. The SMILES string of the molecule is NC(=O)c1cc(S(=O)(=O)Nc2ccc(O)cc2)cs1. The maximum atomic E-state index is 12.0. The lowest BCUT2D eigenvalue weighted by molar-refractivity contribution is 0.100. The fourth-order valence-corrected chi connectivity index (χ4v) is 3.52. The third-order valence-electron chi connectivity index (χ3n) is 2.25. The molecule has 6 nitrogen and oxygen atoms in total. The number of rotatable bonds is 4. The van der Waals surface area contributed by atoms with Crippen molar-refractivity contribution in [1.82, 2.24) is 0 Å². The molecule has 0 spiro atoms. The largest absolute Gasteiger partial charge is 0.508 e. The summed E-state index contributed by atoms with van der Waals surface area (Å²) < 4.78 is 26.3. The van der Waals surface area contributed by atoms with E-state index < -0.39 is 15.9 Å². The van der Waals surface area contributed by atoms with Gasteiger partial charge in [0.05, 0.1) is 9.77 Å². The summed E-state index contributed by atoms with van der Waals surface area (Å²) in [6.45, 7) is 0. The molecule has 2 aromatic rings. The van der Waals surface area contributed by atoms with Gasteiger partial charge in [0.25, 0.3) is 15.9 Å². The van der Waals surface area contributed by atoms with E-state index in [-0.39, 0.29) is 15.5 Å². The minimum Gasteiger partial charge on any atom is -0.508 e. The van der Waals surface area contributed by atoms with Crippen LogP contribution in [0.15, 0.2) is 40.6 Å². The van der Waals surface area contributed by atoms with Gasteiger partial charge in [-0.1, -0.05) is 0 Å². The first-order valence-electron chi connectivity index (χ1n) is 5.09. The molecule has 0 aliphatic carbocycles. The quantitative estimate of drug-likeness (QED) is 0.740. The molecule has 0 aliphatic rings. The molecule has 0 bridgehead atoms. The number of carbonyl (C=O) groups is 1. The number of hydrogen-bond donors (Lipinski definition) is 3. The van der Waals surface area contributed by atoms with Crippen LogP contribution in [0, 0.1) is 0 Å². The molecule has 100 valence electrons. The smallest absolute Gasteiger partial charge is 0.262 e. The van der Waals surface area contributed by atoms with Gasteiger partial charge in [0, 0.05) is 11.1 Å². The van der Waals surface area contributed by atoms with Crippen LogP contribution in [0.1, 0.15) is 9.67 Å². The summed E-state index contributed by atoms with van der Waals surface area (Å²) in [6.07, 6.45) is 0. The number of phenols is 1. The number of benzene rings is 1. The van der Waals surface area contributed by atoms with Crippen LogP contribution in [-0.2, 0) is 10.0 Å². The molecule has 4 N–H and O–H groups in total. The zero-order chi connectivity index (χ0) is 14.0. The first kappa shape index (κ1) is 13.4. The van der Waals surface area contributed by atoms with Crippen LogP contribution in [0.5, 0.6) is 5.75 Å². The van der Waals surface area contributed by atoms with Crippen molar-refractivity contribution in [3.63, 3.8) is 0 Å². The predicted octanol–water partition coefficient (Wildman–Crippen LogP) is 1.35. The standard InChI is InChI=1S/C11H10N2O4S2/c12-11(15)10-5-9(6-18-10)19(16,17)13-7-1-3-8(14)4-2-7/h1-6,13-14H,(H2,12,15). The maximum Gasteiger partial charge on any atom is 0.262 e. The van der Waals surface area contributed by atoms with Crippen molar-refractivity contribution >= 4 is 33.0 Å². The van der Waals surface area contributed by atoms with Gasteiger partial charge >= 0.3 is 0 Å². The van der Waals surface area contributed by atoms with Crippen LogP contribution < -0.4 is 10.5 Å². The van der Waals surface area contributed by atoms with Crippen molar-refractivity contribution in [3.8, 4) is 5.75 Å². The van der Waals surface area contributed by atoms with E-state index in [0.717, 1.165) is 11.3 Å². The Morgan fingerprint density at radius 1 is 1.26 bits per heavy atom. The third-order valence-corrected chi connectivity index (χ3v) is 4.70. The van der Waals surface area contributed by atoms with E-state index in [4.69, 9.17) is 10.8 Å². The first-order valence-corrected chi connectivity index (χ1v) is 7.45. The molecule has 8 heteroatoms. The third kappa shape index (κ3) is 3.04. The highest BCUT2D eigenvalue weighted by molar-refractivity contribution is 7.92. The van der Waals surface area contributed by atoms with Gasteiger partial charge in [-0.05, 0) is 30.3 Å². The van der Waals surface area contributed by atoms with Crippen molar-refractivity contribution in [1.29, 1.82) is 0 Å². The predicted molar refractivity (Wildman–Crippen MR) is 71.8 cm³/mol. The minimum absolute atomic E-state index is 0.0284. The van der Waals surface area contributed by atoms with Crippen LogP contribution in [-0.4, -0.2) is 19.4 Å². The highest BCUT2D eigenvalue weighted by atomic mass is 32.2. The normalized spacial score (nSPS) is 11.2. The number of aromatic hydroxyl groups is 1. The number of carbonyl (C=O) groups excluding carboxylic acids is 1. The second-order valence-electron chi connectivity index (χ2n) is 3.66. The van der Waals surface area contributed by atoms with Crippen LogP contribution in [0.3, 0.4) is 0 Å². The Kier molecular flexibility index (Phi) is 3.45. The monoisotopic (exact) mass is 298 g/mol. The molecule has 0 radical (unpaired) electrons. The van der Waals surface area contributed by atoms with Crippen molar-refractivity contribution < 1.29 is 18.3 Å². The molecule has 0 saturated carbocycles. The molecule has 1 heterocycles. The van der Waals surface area contributed by atoms with Gasteiger partial charge in [0.15, 0.2) is 0 Å². The zero-order valence-electron chi connectivity index (χ0n) is 9.53. The number of hydrogen-bond acceptors (Lipinski definition) is 5. The second-order valence-corrected chi connectivity index (χ2v) is 6.26. The van der Waals surface area contributed by atoms with E-state index in [1.807, 2.05) is 0 Å². The Balaban J connectivity index is 2.26. The fourth-order valence-electron chi connectivity index (χ4n) is 1.33. The average Bonchev–Trinajstić information content (AvgIpc) is 2.82. The molecule has 0 unspecified atom stereocenters. The molecule has 0 fully saturated rings. The Morgan fingerprint density at radius 3 is 2.42 bits per heavy atom. The summed E-state index contributed by atoms with van der Waals surface area (Å²) >= 11 is 0.964. The number of amides is 1. The summed E-state index contributed by atoms with van der Waals surface area (Å²) in [5.74, 6) is -0.634. The van der Waals surface area contributed by atoms with E-state index in [1.54, 1.807) is 0 Å². The number of primary amides is 1. The Hall–Kier alpha value is -2.06. The fraction of sp³-hybridized carbons (Fsp3) is 0. The van der Waals surface area contributed by atoms with Crippen molar-refractivity contribution in [2.75, 3.05) is 4.72 Å². The van der Waals surface area contributed by atoms with Gasteiger partial charge in [-0.3, -0.25) is 9.52 Å². The summed E-state index contributed by atoms with van der Waals surface area (Å²) in [5.41, 5.74) is 5.38. The zero-order valence-corrected chi connectivity index (χ0v) is 11.2. The number of thiophene rings is 1. The van der Waals surface area contributed by atoms with E-state index >= 15 is 0 Å². The molecule has 0 saturated heterocycles. The van der Waals surface area contributed by atoms with Gasteiger partial charge in [0.2, 0.25) is 0 Å². The highest BCUT2D eigenvalue weighted by Crippen LogP contribution is 2.22. The Bertz CT molecular complexity index is 705. The lowest BCUT2D eigenvalue weighted by atomic mass is 10.3. The number of anilines is 1. The molecule has 1 aromatic heterocycles. The molecular formula is C11H10N2O4S2. The molecule has 0 atom stereocenters. The first-order chi connectivity index (χ1) is 8.88. The van der Waals surface area contributed by atoms with Crippen molar-refractivity contribution in [2.45, 2.75) is 4.90 Å². The molecular weight excluding hydrogens is 288 g/mol. The molecule has 1 aromatic carbocycles. The number of sulfonamides is 1. The lowest BCUT2D eigenvalue weighted by Crippen LogP contribution is -2.12. The second kappa shape index (κ2) is 4.90. The molecule has 1 amide bonds. The molecule has 2 rings (SSSR count). The molecule has 19 heavy (non-hydrogen) atoms. The van der Waals surface area contributed by atoms with Gasteiger partial charge in [-0.2, -0.15) is 0 Å². The lowest BCUT2D eigenvalue weighted by Gasteiger charge is -2.06. The number of nitrogens with one attached hydrogen (secondary N) is 1. The number of phenolic OH excluding ortho intramolecular Hbond substituents is 1. The molecule has 0 aliphatic heterocycles. The minimum atomic E-state index is -3.77. The topological polar surface area (TPSA) is 109 Å².